The molecular formula is C27H40N4O6S. The molecule has 0 aromatic heterocycles. The van der Waals surface area contributed by atoms with Gasteiger partial charge in [0.15, 0.2) is 0 Å². The van der Waals surface area contributed by atoms with Gasteiger partial charge in [0.05, 0.1) is 25.2 Å². The van der Waals surface area contributed by atoms with Crippen molar-refractivity contribution in [2.45, 2.75) is 50.0 Å². The predicted molar refractivity (Wildman–Crippen MR) is 144 cm³/mol. The molecule has 3 aliphatic rings. The molecule has 2 saturated heterocycles. The molecule has 0 aliphatic carbocycles. The predicted octanol–water partition coefficient (Wildman–Crippen LogP) is 1.93. The van der Waals surface area contributed by atoms with Crippen molar-refractivity contribution in [3.63, 3.8) is 0 Å². The van der Waals surface area contributed by atoms with E-state index in [2.05, 4.69) is 4.90 Å². The number of fused-ring (bicyclic) bond motifs is 1. The van der Waals surface area contributed by atoms with E-state index >= 15 is 0 Å². The maximum atomic E-state index is 13.1. The normalized spacial score (nSPS) is 20.9. The van der Waals surface area contributed by atoms with Crippen LogP contribution in [0.2, 0.25) is 0 Å². The van der Waals surface area contributed by atoms with Gasteiger partial charge >= 0.3 is 0 Å². The molecule has 11 heteroatoms. The van der Waals surface area contributed by atoms with Gasteiger partial charge in [-0.15, -0.1) is 0 Å². The highest BCUT2D eigenvalue weighted by Gasteiger charge is 2.31. The molecule has 38 heavy (non-hydrogen) atoms. The third-order valence-electron chi connectivity index (χ3n) is 7.71. The van der Waals surface area contributed by atoms with Gasteiger partial charge in [0, 0.05) is 50.9 Å². The third kappa shape index (κ3) is 6.50. The number of carbonyl (C=O) groups is 2. The SMILES string of the molecule is COc1cc(C)c2c(c1)C=CN(CCOCC(=O)N(C)C1CCCN(C(=O)CCN3CCCC3)C1)S2(=O)=O. The fraction of sp³-hybridized carbons (Fsp3) is 0.630. The lowest BCUT2D eigenvalue weighted by Crippen LogP contribution is -2.51. The average molecular weight is 549 g/mol. The summed E-state index contributed by atoms with van der Waals surface area (Å²) in [5.74, 6) is 0.587. The van der Waals surface area contributed by atoms with Crippen molar-refractivity contribution in [2.24, 2.45) is 0 Å². The number of hydrogen-bond donors (Lipinski definition) is 0. The lowest BCUT2D eigenvalue weighted by molar-refractivity contribution is -0.141. The molecule has 1 unspecified atom stereocenters. The van der Waals surface area contributed by atoms with Gasteiger partial charge in [-0.3, -0.25) is 13.9 Å². The molecule has 1 aromatic rings. The van der Waals surface area contributed by atoms with Crippen molar-refractivity contribution >= 4 is 27.9 Å². The maximum Gasteiger partial charge on any atom is 0.264 e. The van der Waals surface area contributed by atoms with Gasteiger partial charge in [-0.25, -0.2) is 8.42 Å². The van der Waals surface area contributed by atoms with E-state index in [9.17, 15) is 18.0 Å². The number of hydrogen-bond acceptors (Lipinski definition) is 7. The first-order chi connectivity index (χ1) is 18.2. The molecule has 4 rings (SSSR count). The molecule has 0 spiro atoms. The second-order valence-corrected chi connectivity index (χ2v) is 12.1. The first kappa shape index (κ1) is 28.4. The minimum absolute atomic E-state index is 0.0440. The Balaban J connectivity index is 1.22. The van der Waals surface area contributed by atoms with E-state index in [4.69, 9.17) is 9.47 Å². The van der Waals surface area contributed by atoms with Crippen LogP contribution in [-0.2, 0) is 24.3 Å². The molecule has 0 bridgehead atoms. The number of likely N-dealkylation sites (N-methyl/N-ethyl adjacent to an activating group) is 1. The van der Waals surface area contributed by atoms with E-state index in [1.165, 1.54) is 23.3 Å². The standard InChI is InChI=1S/C27H40N4O6S/c1-21-17-24(36-3)18-22-8-14-31(38(34,35)27(21)22)15-16-37-20-26(33)28(2)23-7-6-12-30(19-23)25(32)9-13-29-10-4-5-11-29/h8,14,17-18,23H,4-7,9-13,15-16,19-20H2,1-3H3. The quantitative estimate of drug-likeness (QED) is 0.412. The fourth-order valence-electron chi connectivity index (χ4n) is 5.45. The number of carbonyl (C=O) groups excluding carboxylic acids is 2. The van der Waals surface area contributed by atoms with Gasteiger partial charge in [-0.1, -0.05) is 0 Å². The zero-order valence-corrected chi connectivity index (χ0v) is 23.5. The number of amides is 2. The summed E-state index contributed by atoms with van der Waals surface area (Å²) in [5, 5.41) is 0. The summed E-state index contributed by atoms with van der Waals surface area (Å²) < 4.78 is 38.4. The second kappa shape index (κ2) is 12.5. The Morgan fingerprint density at radius 2 is 1.87 bits per heavy atom. The van der Waals surface area contributed by atoms with E-state index in [1.807, 2.05) is 4.90 Å². The number of benzene rings is 1. The first-order valence-corrected chi connectivity index (χ1v) is 14.9. The lowest BCUT2D eigenvalue weighted by Gasteiger charge is -2.38. The van der Waals surface area contributed by atoms with Crippen LogP contribution in [0.25, 0.3) is 6.08 Å². The van der Waals surface area contributed by atoms with Crippen LogP contribution in [0.1, 0.15) is 43.2 Å². The Morgan fingerprint density at radius 1 is 1.11 bits per heavy atom. The van der Waals surface area contributed by atoms with Gasteiger partial charge in [0.1, 0.15) is 12.4 Å². The van der Waals surface area contributed by atoms with Gasteiger partial charge in [-0.05, 0) is 69.5 Å². The van der Waals surface area contributed by atoms with Crippen LogP contribution >= 0.6 is 0 Å². The summed E-state index contributed by atoms with van der Waals surface area (Å²) in [4.78, 5) is 31.7. The van der Waals surface area contributed by atoms with E-state index < -0.39 is 10.0 Å². The van der Waals surface area contributed by atoms with E-state index in [-0.39, 0.29) is 42.5 Å². The summed E-state index contributed by atoms with van der Waals surface area (Å²) in [6, 6.07) is 3.36. The lowest BCUT2D eigenvalue weighted by atomic mass is 10.0. The van der Waals surface area contributed by atoms with Gasteiger partial charge in [0.25, 0.3) is 10.0 Å². The summed E-state index contributed by atoms with van der Waals surface area (Å²) in [7, 11) is -0.425. The van der Waals surface area contributed by atoms with Crippen LogP contribution in [0, 0.1) is 6.92 Å². The average Bonchev–Trinajstić information content (AvgIpc) is 3.43. The highest BCUT2D eigenvalue weighted by atomic mass is 32.2. The van der Waals surface area contributed by atoms with Crippen molar-refractivity contribution in [2.75, 3.05) is 66.6 Å². The molecule has 10 nitrogen and oxygen atoms in total. The van der Waals surface area contributed by atoms with Crippen LogP contribution in [-0.4, -0.2) is 112 Å². The highest BCUT2D eigenvalue weighted by molar-refractivity contribution is 7.89. The van der Waals surface area contributed by atoms with Crippen LogP contribution < -0.4 is 4.74 Å². The minimum Gasteiger partial charge on any atom is -0.497 e. The van der Waals surface area contributed by atoms with Crippen LogP contribution in [0.5, 0.6) is 5.75 Å². The molecule has 3 heterocycles. The number of piperidine rings is 1. The summed E-state index contributed by atoms with van der Waals surface area (Å²) in [6.07, 6.45) is 7.92. The minimum atomic E-state index is -3.72. The second-order valence-electron chi connectivity index (χ2n) is 10.3. The molecule has 0 radical (unpaired) electrons. The number of sulfonamides is 1. The molecule has 0 saturated carbocycles. The number of nitrogens with zero attached hydrogens (tertiary/aromatic N) is 4. The summed E-state index contributed by atoms with van der Waals surface area (Å²) in [6.45, 7) is 6.04. The molecular weight excluding hydrogens is 508 g/mol. The van der Waals surface area contributed by atoms with Crippen LogP contribution in [0.3, 0.4) is 0 Å². The zero-order chi connectivity index (χ0) is 27.3. The molecule has 210 valence electrons. The largest absolute Gasteiger partial charge is 0.497 e. The molecule has 2 fully saturated rings. The van der Waals surface area contributed by atoms with E-state index in [1.54, 1.807) is 44.2 Å². The monoisotopic (exact) mass is 548 g/mol. The zero-order valence-electron chi connectivity index (χ0n) is 22.7. The topological polar surface area (TPSA) is 99.7 Å². The molecule has 3 aliphatic heterocycles. The van der Waals surface area contributed by atoms with Crippen LogP contribution in [0.15, 0.2) is 23.2 Å². The Labute approximate surface area is 226 Å². The van der Waals surface area contributed by atoms with Crippen molar-refractivity contribution in [1.82, 2.24) is 19.0 Å². The number of aryl methyl sites for hydroxylation is 1. The number of likely N-dealkylation sites (tertiary alicyclic amines) is 2. The number of ether oxygens (including phenoxy) is 2. The van der Waals surface area contributed by atoms with Crippen molar-refractivity contribution < 1.29 is 27.5 Å². The summed E-state index contributed by atoms with van der Waals surface area (Å²) >= 11 is 0. The van der Waals surface area contributed by atoms with E-state index in [0.717, 1.165) is 39.0 Å². The molecule has 1 atom stereocenters. The fourth-order valence-corrected chi connectivity index (χ4v) is 7.11. The van der Waals surface area contributed by atoms with Gasteiger partial charge in [0.2, 0.25) is 11.8 Å². The van der Waals surface area contributed by atoms with Gasteiger partial charge in [-0.2, -0.15) is 0 Å². The summed E-state index contributed by atoms with van der Waals surface area (Å²) in [5.41, 5.74) is 1.20. The van der Waals surface area contributed by atoms with Crippen molar-refractivity contribution in [3.8, 4) is 5.75 Å². The van der Waals surface area contributed by atoms with Crippen molar-refractivity contribution in [1.29, 1.82) is 0 Å². The number of rotatable bonds is 10. The highest BCUT2D eigenvalue weighted by Crippen LogP contribution is 2.33. The van der Waals surface area contributed by atoms with Gasteiger partial charge < -0.3 is 24.2 Å². The Kier molecular flexibility index (Phi) is 9.32. The van der Waals surface area contributed by atoms with Crippen LogP contribution in [0.4, 0.5) is 0 Å². The van der Waals surface area contributed by atoms with E-state index in [0.29, 0.717) is 29.8 Å². The molecule has 0 N–H and O–H groups in total. The first-order valence-electron chi connectivity index (χ1n) is 13.4. The third-order valence-corrected chi connectivity index (χ3v) is 9.71. The van der Waals surface area contributed by atoms with Crippen molar-refractivity contribution in [3.05, 3.63) is 29.5 Å². The Morgan fingerprint density at radius 3 is 2.61 bits per heavy atom. The molecule has 1 aromatic carbocycles. The maximum absolute atomic E-state index is 13.1. The molecule has 2 amide bonds. The smallest absolute Gasteiger partial charge is 0.264 e. The Bertz CT molecular complexity index is 1150. The Hall–Kier alpha value is -2.63. The number of methoxy groups -OCH3 is 1.